The van der Waals surface area contributed by atoms with Gasteiger partial charge in [-0.1, -0.05) is 17.7 Å². The number of aromatic nitrogens is 2. The summed E-state index contributed by atoms with van der Waals surface area (Å²) in [6, 6.07) is 8.66. The lowest BCUT2D eigenvalue weighted by Crippen LogP contribution is -1.94. The van der Waals surface area contributed by atoms with E-state index in [9.17, 15) is 5.11 Å². The molecule has 19 heavy (non-hydrogen) atoms. The van der Waals surface area contributed by atoms with E-state index in [0.29, 0.717) is 22.1 Å². The third-order valence-electron chi connectivity index (χ3n) is 3.02. The molecule has 3 N–H and O–H groups in total. The van der Waals surface area contributed by atoms with Crippen LogP contribution in [0.3, 0.4) is 0 Å². The van der Waals surface area contributed by atoms with Crippen molar-refractivity contribution in [2.75, 3.05) is 5.73 Å². The summed E-state index contributed by atoms with van der Waals surface area (Å²) in [6.07, 6.45) is 1.91. The van der Waals surface area contributed by atoms with Gasteiger partial charge in [0.2, 0.25) is 0 Å². The molecule has 0 aliphatic heterocycles. The summed E-state index contributed by atoms with van der Waals surface area (Å²) in [5.74, 6) is 0.590. The molecule has 0 spiro atoms. The minimum atomic E-state index is 0.108. The van der Waals surface area contributed by atoms with E-state index in [4.69, 9.17) is 17.3 Å². The zero-order valence-corrected chi connectivity index (χ0v) is 11.0. The second kappa shape index (κ2) is 4.17. The molecule has 0 aliphatic rings. The highest BCUT2D eigenvalue weighted by atomic mass is 35.5. The summed E-state index contributed by atoms with van der Waals surface area (Å²) >= 11 is 5.96. The predicted octanol–water partition coefficient (Wildman–Crippen LogP) is 3.25. The molecule has 5 heteroatoms. The molecule has 0 fully saturated rings. The van der Waals surface area contributed by atoms with Gasteiger partial charge in [0.15, 0.2) is 0 Å². The number of pyridine rings is 1. The van der Waals surface area contributed by atoms with Crippen LogP contribution in [0.1, 0.15) is 5.56 Å². The topological polar surface area (TPSA) is 63.5 Å². The maximum atomic E-state index is 9.93. The molecule has 3 rings (SSSR count). The summed E-state index contributed by atoms with van der Waals surface area (Å²) in [4.78, 5) is 4.44. The highest BCUT2D eigenvalue weighted by molar-refractivity contribution is 6.31. The maximum Gasteiger partial charge on any atom is 0.139 e. The van der Waals surface area contributed by atoms with Crippen molar-refractivity contribution in [1.29, 1.82) is 0 Å². The Kier molecular flexibility index (Phi) is 2.61. The minimum Gasteiger partial charge on any atom is -0.507 e. The van der Waals surface area contributed by atoms with E-state index in [2.05, 4.69) is 4.98 Å². The molecule has 4 nitrogen and oxygen atoms in total. The number of nitrogens with two attached hydrogens (primary N) is 1. The van der Waals surface area contributed by atoms with Crippen LogP contribution in [-0.4, -0.2) is 14.5 Å². The molecule has 2 aromatic heterocycles. The van der Waals surface area contributed by atoms with Gasteiger partial charge in [0.25, 0.3) is 0 Å². The number of phenols is 1. The third kappa shape index (κ3) is 1.90. The largest absolute Gasteiger partial charge is 0.507 e. The fourth-order valence-corrected chi connectivity index (χ4v) is 2.24. The molecule has 96 valence electrons. The van der Waals surface area contributed by atoms with Crippen molar-refractivity contribution >= 4 is 23.1 Å². The third-order valence-corrected chi connectivity index (χ3v) is 3.25. The first kappa shape index (κ1) is 11.9. The lowest BCUT2D eigenvalue weighted by Gasteiger charge is -2.03. The smallest absolute Gasteiger partial charge is 0.139 e. The summed E-state index contributed by atoms with van der Waals surface area (Å²) in [5.41, 5.74) is 8.99. The number of hydrogen-bond donors (Lipinski definition) is 2. The molecular formula is C14H12ClN3O. The SMILES string of the molecule is Cc1ccc2nc(-c3cc(Cl)ccc3O)c(N)n2c1. The van der Waals surface area contributed by atoms with Crippen LogP contribution in [0.2, 0.25) is 5.02 Å². The highest BCUT2D eigenvalue weighted by Gasteiger charge is 2.15. The fraction of sp³-hybridized carbons (Fsp3) is 0.0714. The van der Waals surface area contributed by atoms with E-state index >= 15 is 0 Å². The zero-order chi connectivity index (χ0) is 13.6. The number of nitrogens with zero attached hydrogens (tertiary/aromatic N) is 2. The van der Waals surface area contributed by atoms with Gasteiger partial charge in [0.1, 0.15) is 22.9 Å². The van der Waals surface area contributed by atoms with Gasteiger partial charge in [-0.2, -0.15) is 0 Å². The van der Waals surface area contributed by atoms with Gasteiger partial charge in [-0.25, -0.2) is 4.98 Å². The predicted molar refractivity (Wildman–Crippen MR) is 76.5 cm³/mol. The average molecular weight is 274 g/mol. The lowest BCUT2D eigenvalue weighted by atomic mass is 10.1. The molecule has 0 aliphatic carbocycles. The number of nitrogen functional groups attached to an aromatic ring is 1. The summed E-state index contributed by atoms with van der Waals surface area (Å²) < 4.78 is 1.80. The quantitative estimate of drug-likeness (QED) is 0.715. The number of aromatic hydroxyl groups is 1. The van der Waals surface area contributed by atoms with Gasteiger partial charge < -0.3 is 10.8 Å². The molecule has 2 heterocycles. The molecule has 0 amide bonds. The van der Waals surface area contributed by atoms with Gasteiger partial charge in [-0.05, 0) is 36.8 Å². The van der Waals surface area contributed by atoms with Crippen LogP contribution in [-0.2, 0) is 0 Å². The Labute approximate surface area is 115 Å². The number of anilines is 1. The number of hydrogen-bond acceptors (Lipinski definition) is 3. The number of imidazole rings is 1. The minimum absolute atomic E-state index is 0.108. The van der Waals surface area contributed by atoms with Crippen molar-refractivity contribution in [3.63, 3.8) is 0 Å². The van der Waals surface area contributed by atoms with Crippen molar-refractivity contribution in [2.45, 2.75) is 6.92 Å². The number of phenolic OH excluding ortho intramolecular Hbond substituents is 1. The van der Waals surface area contributed by atoms with Crippen LogP contribution in [0.25, 0.3) is 16.9 Å². The average Bonchev–Trinajstić information content (AvgIpc) is 2.70. The zero-order valence-electron chi connectivity index (χ0n) is 10.3. The Hall–Kier alpha value is -2.20. The van der Waals surface area contributed by atoms with E-state index in [1.54, 1.807) is 16.5 Å². The van der Waals surface area contributed by atoms with E-state index in [1.807, 2.05) is 25.3 Å². The van der Waals surface area contributed by atoms with Crippen molar-refractivity contribution in [3.8, 4) is 17.0 Å². The van der Waals surface area contributed by atoms with E-state index in [-0.39, 0.29) is 5.75 Å². The molecule has 0 atom stereocenters. The number of benzene rings is 1. The molecule has 1 aromatic carbocycles. The molecule has 3 aromatic rings. The Morgan fingerprint density at radius 1 is 1.26 bits per heavy atom. The van der Waals surface area contributed by atoms with E-state index in [0.717, 1.165) is 11.2 Å². The molecule has 0 saturated carbocycles. The van der Waals surface area contributed by atoms with Crippen LogP contribution < -0.4 is 5.73 Å². The summed E-state index contributed by atoms with van der Waals surface area (Å²) in [5, 5.41) is 10.5. The van der Waals surface area contributed by atoms with Crippen LogP contribution in [0.15, 0.2) is 36.5 Å². The Bertz CT molecular complexity index is 780. The van der Waals surface area contributed by atoms with Crippen molar-refractivity contribution in [3.05, 3.63) is 47.1 Å². The van der Waals surface area contributed by atoms with E-state index in [1.165, 1.54) is 6.07 Å². The van der Waals surface area contributed by atoms with Gasteiger partial charge >= 0.3 is 0 Å². The summed E-state index contributed by atoms with van der Waals surface area (Å²) in [7, 11) is 0. The Morgan fingerprint density at radius 3 is 2.84 bits per heavy atom. The van der Waals surface area contributed by atoms with Gasteiger partial charge in [0, 0.05) is 16.8 Å². The highest BCUT2D eigenvalue weighted by Crippen LogP contribution is 2.34. The maximum absolute atomic E-state index is 9.93. The van der Waals surface area contributed by atoms with E-state index < -0.39 is 0 Å². The number of halogens is 1. The Morgan fingerprint density at radius 2 is 2.05 bits per heavy atom. The molecule has 0 unspecified atom stereocenters. The number of fused-ring (bicyclic) bond motifs is 1. The standard InChI is InChI=1S/C14H12ClN3O/c1-8-2-5-12-17-13(14(16)18(12)7-8)10-6-9(15)3-4-11(10)19/h2-7,19H,16H2,1H3. The normalized spacial score (nSPS) is 11.1. The molecule has 0 saturated heterocycles. The van der Waals surface area contributed by atoms with Crippen molar-refractivity contribution in [1.82, 2.24) is 9.38 Å². The van der Waals surface area contributed by atoms with Gasteiger partial charge in [-0.15, -0.1) is 0 Å². The van der Waals surface area contributed by atoms with Crippen LogP contribution >= 0.6 is 11.6 Å². The summed E-state index contributed by atoms with van der Waals surface area (Å²) in [6.45, 7) is 1.98. The second-order valence-corrected chi connectivity index (χ2v) is 4.88. The van der Waals surface area contributed by atoms with Crippen molar-refractivity contribution in [2.24, 2.45) is 0 Å². The Balaban J connectivity index is 2.31. The number of aryl methyl sites for hydroxylation is 1. The van der Waals surface area contributed by atoms with Crippen LogP contribution in [0.4, 0.5) is 5.82 Å². The second-order valence-electron chi connectivity index (χ2n) is 4.44. The van der Waals surface area contributed by atoms with Gasteiger partial charge in [0.05, 0.1) is 0 Å². The molecule has 0 bridgehead atoms. The lowest BCUT2D eigenvalue weighted by molar-refractivity contribution is 0.477. The first-order chi connectivity index (χ1) is 9.06. The monoisotopic (exact) mass is 273 g/mol. The molecule has 0 radical (unpaired) electrons. The first-order valence-corrected chi connectivity index (χ1v) is 6.17. The first-order valence-electron chi connectivity index (χ1n) is 5.79. The number of rotatable bonds is 1. The fourth-order valence-electron chi connectivity index (χ4n) is 2.07. The van der Waals surface area contributed by atoms with Crippen LogP contribution in [0, 0.1) is 6.92 Å². The molecular weight excluding hydrogens is 262 g/mol. The van der Waals surface area contributed by atoms with Gasteiger partial charge in [-0.3, -0.25) is 4.40 Å². The van der Waals surface area contributed by atoms with Crippen LogP contribution in [0.5, 0.6) is 5.75 Å². The van der Waals surface area contributed by atoms with Crippen molar-refractivity contribution < 1.29 is 5.11 Å².